The maximum atomic E-state index is 12.4. The fourth-order valence-corrected chi connectivity index (χ4v) is 1.91. The maximum Gasteiger partial charge on any atom is 0.435 e. The summed E-state index contributed by atoms with van der Waals surface area (Å²) < 4.78 is 39.0. The van der Waals surface area contributed by atoms with Gasteiger partial charge in [-0.15, -0.1) is 0 Å². The Bertz CT molecular complexity index is 570. The van der Waals surface area contributed by atoms with Crippen molar-refractivity contribution in [2.24, 2.45) is 0 Å². The monoisotopic (exact) mass is 287 g/mol. The van der Waals surface area contributed by atoms with Gasteiger partial charge in [0.15, 0.2) is 5.69 Å². The molecule has 0 spiro atoms. The number of H-pyrrole nitrogens is 1. The fraction of sp³-hybridized carbons (Fsp3) is 0.500. The minimum atomic E-state index is -4.41. The molecule has 0 bridgehead atoms. The summed E-state index contributed by atoms with van der Waals surface area (Å²) in [4.78, 5) is 0. The molecule has 0 aliphatic rings. The quantitative estimate of drug-likeness (QED) is 0.886. The van der Waals surface area contributed by atoms with Gasteiger partial charge in [-0.25, -0.2) is 0 Å². The summed E-state index contributed by atoms with van der Waals surface area (Å²) in [6.45, 7) is 5.60. The summed E-state index contributed by atoms with van der Waals surface area (Å²) in [5.41, 5.74) is 1.59. The number of nitrogens with zero attached hydrogens (tertiary/aromatic N) is 3. The first-order chi connectivity index (χ1) is 9.41. The number of aromatic amines is 1. The molecule has 0 radical (unpaired) electrons. The van der Waals surface area contributed by atoms with E-state index in [4.69, 9.17) is 0 Å². The van der Waals surface area contributed by atoms with Gasteiger partial charge in [0.25, 0.3) is 0 Å². The molecule has 0 amide bonds. The Morgan fingerprint density at radius 3 is 2.65 bits per heavy atom. The average molecular weight is 287 g/mol. The van der Waals surface area contributed by atoms with Crippen LogP contribution in [-0.2, 0) is 25.8 Å². The van der Waals surface area contributed by atoms with Gasteiger partial charge in [0.05, 0.1) is 6.20 Å². The highest BCUT2D eigenvalue weighted by Gasteiger charge is 2.33. The predicted molar refractivity (Wildman–Crippen MR) is 66.8 cm³/mol. The Hall–Kier alpha value is -1.83. The molecular formula is C12H16F3N5. The largest absolute Gasteiger partial charge is 0.435 e. The van der Waals surface area contributed by atoms with Gasteiger partial charge in [-0.05, 0) is 19.9 Å². The summed E-state index contributed by atoms with van der Waals surface area (Å²) in [5.74, 6) is 0. The normalized spacial score (nSPS) is 12.1. The topological polar surface area (TPSA) is 58.5 Å². The second-order valence-electron chi connectivity index (χ2n) is 4.45. The van der Waals surface area contributed by atoms with Gasteiger partial charge in [-0.2, -0.15) is 23.4 Å². The van der Waals surface area contributed by atoms with E-state index in [1.165, 1.54) is 0 Å². The number of halogens is 3. The third-order valence-electron chi connectivity index (χ3n) is 3.06. The minimum Gasteiger partial charge on any atom is -0.307 e. The van der Waals surface area contributed by atoms with E-state index in [9.17, 15) is 13.2 Å². The second kappa shape index (κ2) is 5.66. The molecule has 2 heterocycles. The number of aryl methyl sites for hydroxylation is 1. The lowest BCUT2D eigenvalue weighted by Crippen LogP contribution is -2.13. The molecule has 0 fully saturated rings. The lowest BCUT2D eigenvalue weighted by atomic mass is 10.2. The first kappa shape index (κ1) is 14.6. The molecule has 2 rings (SSSR count). The van der Waals surface area contributed by atoms with E-state index < -0.39 is 11.9 Å². The van der Waals surface area contributed by atoms with Crippen molar-refractivity contribution in [3.63, 3.8) is 0 Å². The van der Waals surface area contributed by atoms with Crippen LogP contribution in [0, 0.1) is 6.92 Å². The maximum absolute atomic E-state index is 12.4. The molecule has 0 saturated heterocycles. The number of hydrogen-bond donors (Lipinski definition) is 2. The molecular weight excluding hydrogens is 271 g/mol. The van der Waals surface area contributed by atoms with Crippen LogP contribution in [0.3, 0.4) is 0 Å². The summed E-state index contributed by atoms with van der Waals surface area (Å²) in [5, 5.41) is 12.9. The van der Waals surface area contributed by atoms with E-state index in [-0.39, 0.29) is 0 Å². The molecule has 2 aromatic heterocycles. The fourth-order valence-electron chi connectivity index (χ4n) is 1.91. The molecule has 0 aliphatic heterocycles. The number of alkyl halides is 3. The van der Waals surface area contributed by atoms with Crippen molar-refractivity contribution >= 4 is 0 Å². The molecule has 110 valence electrons. The van der Waals surface area contributed by atoms with Crippen LogP contribution in [-0.4, -0.2) is 20.0 Å². The zero-order valence-electron chi connectivity index (χ0n) is 11.3. The van der Waals surface area contributed by atoms with E-state index in [0.717, 1.165) is 23.9 Å². The Morgan fingerprint density at radius 1 is 1.35 bits per heavy atom. The minimum absolute atomic E-state index is 0.291. The van der Waals surface area contributed by atoms with Crippen molar-refractivity contribution in [1.29, 1.82) is 0 Å². The van der Waals surface area contributed by atoms with E-state index in [0.29, 0.717) is 18.8 Å². The van der Waals surface area contributed by atoms with Crippen LogP contribution < -0.4 is 5.32 Å². The molecule has 0 aliphatic carbocycles. The van der Waals surface area contributed by atoms with E-state index in [1.807, 2.05) is 18.5 Å². The summed E-state index contributed by atoms with van der Waals surface area (Å²) in [7, 11) is 0. The molecule has 0 saturated carbocycles. The van der Waals surface area contributed by atoms with E-state index >= 15 is 0 Å². The highest BCUT2D eigenvalue weighted by Crippen LogP contribution is 2.27. The summed E-state index contributed by atoms with van der Waals surface area (Å²) >= 11 is 0. The van der Waals surface area contributed by atoms with Crippen LogP contribution in [0.25, 0.3) is 0 Å². The second-order valence-corrected chi connectivity index (χ2v) is 4.45. The van der Waals surface area contributed by atoms with Crippen LogP contribution in [0.2, 0.25) is 0 Å². The Balaban J connectivity index is 1.90. The zero-order valence-corrected chi connectivity index (χ0v) is 11.3. The lowest BCUT2D eigenvalue weighted by Gasteiger charge is -2.04. The number of hydrogen-bond acceptors (Lipinski definition) is 3. The van der Waals surface area contributed by atoms with Crippen molar-refractivity contribution in [3.05, 3.63) is 34.9 Å². The van der Waals surface area contributed by atoms with Crippen LogP contribution in [0.1, 0.15) is 29.6 Å². The zero-order chi connectivity index (χ0) is 14.8. The van der Waals surface area contributed by atoms with Gasteiger partial charge >= 0.3 is 6.18 Å². The number of rotatable bonds is 5. The summed E-state index contributed by atoms with van der Waals surface area (Å²) in [6.07, 6.45) is -2.65. The van der Waals surface area contributed by atoms with Gasteiger partial charge in [0, 0.05) is 36.6 Å². The third-order valence-corrected chi connectivity index (χ3v) is 3.06. The highest BCUT2D eigenvalue weighted by molar-refractivity contribution is 5.16. The highest BCUT2D eigenvalue weighted by atomic mass is 19.4. The van der Waals surface area contributed by atoms with Crippen molar-refractivity contribution in [2.45, 2.75) is 39.7 Å². The first-order valence-corrected chi connectivity index (χ1v) is 6.25. The van der Waals surface area contributed by atoms with Gasteiger partial charge in [-0.1, -0.05) is 0 Å². The smallest absolute Gasteiger partial charge is 0.307 e. The van der Waals surface area contributed by atoms with Gasteiger partial charge in [0.1, 0.15) is 0 Å². The molecule has 2 aromatic rings. The third kappa shape index (κ3) is 3.19. The number of aromatic nitrogens is 4. The Morgan fingerprint density at radius 2 is 2.10 bits per heavy atom. The van der Waals surface area contributed by atoms with Gasteiger partial charge < -0.3 is 5.32 Å². The molecule has 5 nitrogen and oxygen atoms in total. The molecule has 8 heteroatoms. The molecule has 0 unspecified atom stereocenters. The predicted octanol–water partition coefficient (Wildman–Crippen LogP) is 2.24. The standard InChI is InChI=1S/C12H16F3N5/c1-3-20-8(2)9(6-17-20)5-16-7-10-4-11(19-18-10)12(13,14)15/h4,6,16H,3,5,7H2,1-2H3,(H,18,19). The molecule has 2 N–H and O–H groups in total. The van der Waals surface area contributed by atoms with Crippen LogP contribution in [0.4, 0.5) is 13.2 Å². The van der Waals surface area contributed by atoms with Gasteiger partial charge in [-0.3, -0.25) is 9.78 Å². The molecule has 20 heavy (non-hydrogen) atoms. The van der Waals surface area contributed by atoms with Gasteiger partial charge in [0.2, 0.25) is 0 Å². The lowest BCUT2D eigenvalue weighted by molar-refractivity contribution is -0.141. The Labute approximate surface area is 114 Å². The van der Waals surface area contributed by atoms with Crippen LogP contribution >= 0.6 is 0 Å². The molecule has 0 aromatic carbocycles. The average Bonchev–Trinajstić information content (AvgIpc) is 2.97. The van der Waals surface area contributed by atoms with E-state index in [2.05, 4.69) is 20.6 Å². The van der Waals surface area contributed by atoms with Crippen LogP contribution in [0.15, 0.2) is 12.3 Å². The first-order valence-electron chi connectivity index (χ1n) is 6.25. The SMILES string of the molecule is CCn1ncc(CNCc2cc(C(F)(F)F)n[nH]2)c1C. The molecule has 0 atom stereocenters. The number of nitrogens with one attached hydrogen (secondary N) is 2. The van der Waals surface area contributed by atoms with Crippen molar-refractivity contribution < 1.29 is 13.2 Å². The summed E-state index contributed by atoms with van der Waals surface area (Å²) in [6, 6.07) is 1.01. The van der Waals surface area contributed by atoms with Crippen molar-refractivity contribution in [3.8, 4) is 0 Å². The van der Waals surface area contributed by atoms with Crippen molar-refractivity contribution in [2.75, 3.05) is 0 Å². The van der Waals surface area contributed by atoms with E-state index in [1.54, 1.807) is 6.20 Å². The Kier molecular flexibility index (Phi) is 4.12. The van der Waals surface area contributed by atoms with Crippen LogP contribution in [0.5, 0.6) is 0 Å². The van der Waals surface area contributed by atoms with Crippen molar-refractivity contribution in [1.82, 2.24) is 25.3 Å².